The summed E-state index contributed by atoms with van der Waals surface area (Å²) in [6.45, 7) is 3.18. The van der Waals surface area contributed by atoms with Crippen LogP contribution in [0.1, 0.15) is 23.5 Å². The molecule has 4 rings (SSSR count). The third-order valence-electron chi connectivity index (χ3n) is 4.61. The lowest BCUT2D eigenvalue weighted by Crippen LogP contribution is -2.39. The predicted octanol–water partition coefficient (Wildman–Crippen LogP) is 3.57. The van der Waals surface area contributed by atoms with Crippen LogP contribution in [-0.2, 0) is 0 Å². The fourth-order valence-corrected chi connectivity index (χ4v) is 3.67. The van der Waals surface area contributed by atoms with Gasteiger partial charge in [-0.15, -0.1) is 11.3 Å². The molecule has 1 atom stereocenters. The van der Waals surface area contributed by atoms with Crippen molar-refractivity contribution in [1.29, 1.82) is 0 Å². The van der Waals surface area contributed by atoms with Crippen LogP contribution in [0.4, 0.5) is 4.39 Å². The first-order valence-electron chi connectivity index (χ1n) is 8.85. The molecule has 0 aliphatic carbocycles. The maximum absolute atomic E-state index is 13.1. The molecule has 4 heterocycles. The number of halogens is 1. The van der Waals surface area contributed by atoms with Gasteiger partial charge in [-0.2, -0.15) is 10.2 Å². The third-order valence-corrected chi connectivity index (χ3v) is 5.54. The van der Waals surface area contributed by atoms with E-state index in [1.807, 2.05) is 25.4 Å². The Balaban J connectivity index is 1.60. The smallest absolute Gasteiger partial charge is 0.261 e. The number of hydrogen-bond acceptors (Lipinski definition) is 5. The van der Waals surface area contributed by atoms with Crippen molar-refractivity contribution < 1.29 is 9.18 Å². The van der Waals surface area contributed by atoms with Crippen LogP contribution in [0.2, 0.25) is 0 Å². The van der Waals surface area contributed by atoms with Gasteiger partial charge in [0, 0.05) is 35.3 Å². The topological polar surface area (TPSA) is 88.0 Å². The molecule has 4 aromatic heterocycles. The molecular formula is C19H19FN6OS. The van der Waals surface area contributed by atoms with Gasteiger partial charge in [0.25, 0.3) is 5.91 Å². The second-order valence-electron chi connectivity index (χ2n) is 6.83. The lowest BCUT2D eigenvalue weighted by Gasteiger charge is -2.18. The van der Waals surface area contributed by atoms with Crippen LogP contribution < -0.4 is 5.32 Å². The molecule has 7 nitrogen and oxygen atoms in total. The Hall–Kier alpha value is -3.07. The summed E-state index contributed by atoms with van der Waals surface area (Å²) in [7, 11) is 0. The van der Waals surface area contributed by atoms with Gasteiger partial charge in [-0.05, 0) is 22.9 Å². The van der Waals surface area contributed by atoms with Gasteiger partial charge in [0.1, 0.15) is 6.67 Å². The van der Waals surface area contributed by atoms with Gasteiger partial charge < -0.3 is 5.32 Å². The molecule has 0 unspecified atom stereocenters. The SMILES string of the molecule is CC(C)[C@H](CF)NC(=O)c1cc(-c2cnn3cc(-c4cn[nH]c4)cnc23)cs1. The number of H-pyrrole nitrogens is 1. The average molecular weight is 398 g/mol. The minimum atomic E-state index is -0.585. The minimum Gasteiger partial charge on any atom is -0.346 e. The van der Waals surface area contributed by atoms with Gasteiger partial charge in [-0.3, -0.25) is 9.89 Å². The van der Waals surface area contributed by atoms with Crippen LogP contribution in [0.5, 0.6) is 0 Å². The molecule has 1 amide bonds. The number of aromatic nitrogens is 5. The number of nitrogens with zero attached hydrogens (tertiary/aromatic N) is 4. The van der Waals surface area contributed by atoms with Crippen molar-refractivity contribution in [2.45, 2.75) is 19.9 Å². The van der Waals surface area contributed by atoms with E-state index < -0.39 is 12.7 Å². The fraction of sp³-hybridized carbons (Fsp3) is 0.263. The van der Waals surface area contributed by atoms with Crippen LogP contribution in [0.3, 0.4) is 0 Å². The zero-order valence-electron chi connectivity index (χ0n) is 15.4. The van der Waals surface area contributed by atoms with Crippen molar-refractivity contribution in [3.05, 3.63) is 47.3 Å². The van der Waals surface area contributed by atoms with E-state index in [0.717, 1.165) is 22.3 Å². The van der Waals surface area contributed by atoms with Crippen molar-refractivity contribution >= 4 is 22.9 Å². The first-order chi connectivity index (χ1) is 13.6. The van der Waals surface area contributed by atoms with Gasteiger partial charge in [0.15, 0.2) is 5.65 Å². The highest BCUT2D eigenvalue weighted by atomic mass is 32.1. The Kier molecular flexibility index (Phi) is 4.91. The average Bonchev–Trinajstić information content (AvgIpc) is 3.44. The number of amides is 1. The molecule has 0 aliphatic heterocycles. The number of hydrogen-bond donors (Lipinski definition) is 2. The lowest BCUT2D eigenvalue weighted by atomic mass is 10.1. The minimum absolute atomic E-state index is 0.0293. The van der Waals surface area contributed by atoms with Crippen LogP contribution in [0, 0.1) is 5.92 Å². The first-order valence-corrected chi connectivity index (χ1v) is 9.73. The predicted molar refractivity (Wildman–Crippen MR) is 106 cm³/mol. The molecule has 9 heteroatoms. The number of carbonyl (C=O) groups excluding carboxylic acids is 1. The number of alkyl halides is 1. The van der Waals surface area contributed by atoms with E-state index in [1.165, 1.54) is 11.3 Å². The fourth-order valence-electron chi connectivity index (χ4n) is 2.86. The van der Waals surface area contributed by atoms with Crippen LogP contribution >= 0.6 is 11.3 Å². The lowest BCUT2D eigenvalue weighted by molar-refractivity contribution is 0.0920. The van der Waals surface area contributed by atoms with E-state index in [2.05, 4.69) is 25.6 Å². The largest absolute Gasteiger partial charge is 0.346 e. The molecule has 0 saturated carbocycles. The summed E-state index contributed by atoms with van der Waals surface area (Å²) in [5.41, 5.74) is 4.21. The summed E-state index contributed by atoms with van der Waals surface area (Å²) >= 11 is 1.32. The highest BCUT2D eigenvalue weighted by Crippen LogP contribution is 2.29. The zero-order chi connectivity index (χ0) is 19.7. The maximum atomic E-state index is 13.1. The summed E-state index contributed by atoms with van der Waals surface area (Å²) in [6, 6.07) is 1.30. The van der Waals surface area contributed by atoms with Gasteiger partial charge in [-0.25, -0.2) is 13.9 Å². The normalized spacial score (nSPS) is 12.6. The summed E-state index contributed by atoms with van der Waals surface area (Å²) in [4.78, 5) is 17.5. The highest BCUT2D eigenvalue weighted by molar-refractivity contribution is 7.12. The Bertz CT molecular complexity index is 1100. The number of rotatable bonds is 6. The van der Waals surface area contributed by atoms with Crippen molar-refractivity contribution in [3.63, 3.8) is 0 Å². The molecular weight excluding hydrogens is 379 g/mol. The standard InChI is InChI=1S/C19H19FN6OS/c1-11(2)16(4-20)25-19(27)17-3-12(10-28-17)15-8-24-26-9-14(5-21-18(15)26)13-6-22-23-7-13/h3,5-11,16H,4H2,1-2H3,(H,22,23)(H,25,27)/t16-/m0/s1. The molecule has 0 aliphatic rings. The molecule has 0 bridgehead atoms. The van der Waals surface area contributed by atoms with Gasteiger partial charge in [-0.1, -0.05) is 13.8 Å². The van der Waals surface area contributed by atoms with Crippen molar-refractivity contribution in [1.82, 2.24) is 30.1 Å². The Labute approximate surface area is 164 Å². The number of thiophene rings is 1. The number of nitrogens with one attached hydrogen (secondary N) is 2. The zero-order valence-corrected chi connectivity index (χ0v) is 16.2. The van der Waals surface area contributed by atoms with Crippen molar-refractivity contribution in [3.8, 4) is 22.3 Å². The summed E-state index contributed by atoms with van der Waals surface area (Å²) in [5, 5.41) is 15.7. The molecule has 4 aromatic rings. The van der Waals surface area contributed by atoms with Gasteiger partial charge in [0.05, 0.1) is 23.3 Å². The van der Waals surface area contributed by atoms with E-state index in [1.54, 1.807) is 35.4 Å². The van der Waals surface area contributed by atoms with Gasteiger partial charge in [0.2, 0.25) is 0 Å². The van der Waals surface area contributed by atoms with E-state index in [4.69, 9.17) is 0 Å². The molecule has 144 valence electrons. The molecule has 0 aromatic carbocycles. The highest BCUT2D eigenvalue weighted by Gasteiger charge is 2.19. The van der Waals surface area contributed by atoms with E-state index in [9.17, 15) is 9.18 Å². The first kappa shape index (κ1) is 18.3. The van der Waals surface area contributed by atoms with Crippen LogP contribution in [0.15, 0.2) is 42.4 Å². The second kappa shape index (κ2) is 7.51. The molecule has 0 saturated heterocycles. The Morgan fingerprint density at radius 3 is 2.86 bits per heavy atom. The maximum Gasteiger partial charge on any atom is 0.261 e. The summed E-state index contributed by atoms with van der Waals surface area (Å²) in [5.74, 6) is -0.235. The second-order valence-corrected chi connectivity index (χ2v) is 7.75. The van der Waals surface area contributed by atoms with E-state index in [-0.39, 0.29) is 11.8 Å². The number of carbonyl (C=O) groups is 1. The number of aromatic amines is 1. The summed E-state index contributed by atoms with van der Waals surface area (Å²) < 4.78 is 14.8. The molecule has 2 N–H and O–H groups in total. The summed E-state index contributed by atoms with van der Waals surface area (Å²) in [6.07, 6.45) is 8.88. The monoisotopic (exact) mass is 398 g/mol. The van der Waals surface area contributed by atoms with E-state index >= 15 is 0 Å². The Morgan fingerprint density at radius 1 is 1.29 bits per heavy atom. The molecule has 0 radical (unpaired) electrons. The quantitative estimate of drug-likeness (QED) is 0.520. The third kappa shape index (κ3) is 3.40. The number of fused-ring (bicyclic) bond motifs is 1. The van der Waals surface area contributed by atoms with Crippen LogP contribution in [0.25, 0.3) is 27.9 Å². The molecule has 0 spiro atoms. The van der Waals surface area contributed by atoms with Crippen molar-refractivity contribution in [2.75, 3.05) is 6.67 Å². The van der Waals surface area contributed by atoms with Crippen LogP contribution in [-0.4, -0.2) is 43.4 Å². The molecule has 28 heavy (non-hydrogen) atoms. The van der Waals surface area contributed by atoms with E-state index in [0.29, 0.717) is 10.5 Å². The molecule has 0 fully saturated rings. The van der Waals surface area contributed by atoms with Gasteiger partial charge >= 0.3 is 0 Å². The Morgan fingerprint density at radius 2 is 2.14 bits per heavy atom. The van der Waals surface area contributed by atoms with Crippen molar-refractivity contribution in [2.24, 2.45) is 5.92 Å².